The minimum atomic E-state index is -0.713. The molecular weight excluding hydrogens is 362 g/mol. The highest BCUT2D eigenvalue weighted by Crippen LogP contribution is 2.21. The third-order valence-corrected chi connectivity index (χ3v) is 4.66. The van der Waals surface area contributed by atoms with Crippen LogP contribution in [0.2, 0.25) is 0 Å². The molecule has 0 radical (unpaired) electrons. The van der Waals surface area contributed by atoms with E-state index in [1.165, 1.54) is 31.2 Å². The second-order valence-corrected chi connectivity index (χ2v) is 6.46. The summed E-state index contributed by atoms with van der Waals surface area (Å²) in [7, 11) is 0. The lowest BCUT2D eigenvalue weighted by Gasteiger charge is -2.16. The van der Waals surface area contributed by atoms with E-state index in [1.807, 2.05) is 6.92 Å². The Morgan fingerprint density at radius 3 is 2.46 bits per heavy atom. The maximum Gasteiger partial charge on any atom is 0.329 e. The fraction of sp³-hybridized carbons (Fsp3) is 0.150. The molecule has 3 rings (SSSR count). The molecule has 0 saturated heterocycles. The normalized spacial score (nSPS) is 11.2. The van der Waals surface area contributed by atoms with Crippen LogP contribution < -0.4 is 4.43 Å². The van der Waals surface area contributed by atoms with E-state index < -0.39 is 10.7 Å². The van der Waals surface area contributed by atoms with Gasteiger partial charge in [-0.25, -0.2) is 0 Å². The molecule has 0 aliphatic carbocycles. The smallest absolute Gasteiger partial charge is 0.329 e. The average molecular weight is 379 g/mol. The summed E-state index contributed by atoms with van der Waals surface area (Å²) in [6, 6.07) is 9.09. The molecule has 28 heavy (non-hydrogen) atoms. The van der Waals surface area contributed by atoms with E-state index in [9.17, 15) is 25.0 Å². The van der Waals surface area contributed by atoms with Crippen LogP contribution in [0.25, 0.3) is 17.1 Å². The molecule has 8 heteroatoms. The van der Waals surface area contributed by atoms with Crippen LogP contribution in [-0.2, 0) is 0 Å². The number of carbonyl (C=O) groups excluding carboxylic acids is 1. The van der Waals surface area contributed by atoms with Crippen molar-refractivity contribution in [2.24, 2.45) is 0 Å². The molecule has 0 atom stereocenters. The van der Waals surface area contributed by atoms with Crippen LogP contribution in [0.15, 0.2) is 42.5 Å². The van der Waals surface area contributed by atoms with Gasteiger partial charge in [-0.3, -0.25) is 14.9 Å². The monoisotopic (exact) mass is 379 g/mol. The van der Waals surface area contributed by atoms with E-state index in [2.05, 4.69) is 0 Å². The molecular formula is C20H17N3O5. The minimum Gasteiger partial charge on any atom is -0.805 e. The molecule has 0 aliphatic rings. The summed E-state index contributed by atoms with van der Waals surface area (Å²) in [6.45, 7) is 5.02. The van der Waals surface area contributed by atoms with E-state index in [0.29, 0.717) is 9.16 Å². The number of ketones is 1. The standard InChI is InChI=1S/C20H17N3O5/c1-12-10-17-18(11-13(12)2)22(26)20(14(3)21(17)25)19(24)9-8-15-6-4-5-7-16(15)23(27)28/h4-11H,1-3H3/b9-8-. The highest BCUT2D eigenvalue weighted by atomic mass is 16.6. The maximum atomic E-state index is 12.8. The Morgan fingerprint density at radius 2 is 1.79 bits per heavy atom. The number of nitro groups is 1. The Kier molecular flexibility index (Phi) is 4.79. The van der Waals surface area contributed by atoms with Crippen LogP contribution >= 0.6 is 0 Å². The molecule has 0 aliphatic heterocycles. The van der Waals surface area contributed by atoms with Crippen molar-refractivity contribution in [2.75, 3.05) is 0 Å². The number of nitro benzene ring substituents is 1. The lowest BCUT2D eigenvalue weighted by atomic mass is 10.1. The van der Waals surface area contributed by atoms with Crippen molar-refractivity contribution in [3.8, 4) is 0 Å². The van der Waals surface area contributed by atoms with Crippen LogP contribution in [-0.4, -0.2) is 15.4 Å². The van der Waals surface area contributed by atoms with E-state index in [0.717, 1.165) is 17.2 Å². The van der Waals surface area contributed by atoms with E-state index in [-0.39, 0.29) is 33.7 Å². The SMILES string of the molecule is Cc1cc2c(cc1C)[n+](=O)c(C(=O)/C=C\c1ccccc1[N+](=O)[O-])c(C)n2[O-]. The maximum absolute atomic E-state index is 12.8. The summed E-state index contributed by atoms with van der Waals surface area (Å²) < 4.78 is 1.000. The number of aromatic nitrogens is 2. The molecule has 3 aromatic rings. The molecule has 0 unspecified atom stereocenters. The van der Waals surface area contributed by atoms with Gasteiger partial charge in [0.1, 0.15) is 5.52 Å². The van der Waals surface area contributed by atoms with Gasteiger partial charge in [0.05, 0.1) is 20.6 Å². The lowest BCUT2D eigenvalue weighted by molar-refractivity contribution is -0.468. The lowest BCUT2D eigenvalue weighted by Crippen LogP contribution is -2.30. The van der Waals surface area contributed by atoms with Gasteiger partial charge in [-0.15, -0.1) is 0 Å². The zero-order valence-corrected chi connectivity index (χ0v) is 15.5. The number of carbonyl (C=O) groups is 1. The number of rotatable bonds is 4. The van der Waals surface area contributed by atoms with Crippen molar-refractivity contribution in [1.29, 1.82) is 0 Å². The van der Waals surface area contributed by atoms with Crippen molar-refractivity contribution in [1.82, 2.24) is 4.73 Å². The minimum absolute atomic E-state index is 0.0389. The average Bonchev–Trinajstić information content (AvgIpc) is 2.66. The molecule has 8 nitrogen and oxygen atoms in total. The Hall–Kier alpha value is -3.81. The van der Waals surface area contributed by atoms with Gasteiger partial charge in [0.2, 0.25) is 0 Å². The van der Waals surface area contributed by atoms with E-state index in [4.69, 9.17) is 0 Å². The van der Waals surface area contributed by atoms with Gasteiger partial charge in [-0.05, 0) is 56.2 Å². The largest absolute Gasteiger partial charge is 0.805 e. The Morgan fingerprint density at radius 1 is 1.14 bits per heavy atom. The molecule has 0 bridgehead atoms. The van der Waals surface area contributed by atoms with Gasteiger partial charge < -0.3 is 9.94 Å². The molecule has 2 aromatic carbocycles. The van der Waals surface area contributed by atoms with Crippen LogP contribution in [0.3, 0.4) is 0 Å². The summed E-state index contributed by atoms with van der Waals surface area (Å²) in [5, 5.41) is 23.7. The summed E-state index contributed by atoms with van der Waals surface area (Å²) in [6.07, 6.45) is 2.32. The van der Waals surface area contributed by atoms with Gasteiger partial charge >= 0.3 is 5.69 Å². The molecule has 0 saturated carbocycles. The van der Waals surface area contributed by atoms with Crippen molar-refractivity contribution in [2.45, 2.75) is 20.8 Å². The zero-order valence-electron chi connectivity index (χ0n) is 15.5. The summed E-state index contributed by atoms with van der Waals surface area (Å²) >= 11 is 0. The summed E-state index contributed by atoms with van der Waals surface area (Å²) in [5.74, 6) is -0.713. The fourth-order valence-corrected chi connectivity index (χ4v) is 2.97. The number of hydrogen-bond donors (Lipinski definition) is 0. The number of benzene rings is 2. The first-order chi connectivity index (χ1) is 13.2. The van der Waals surface area contributed by atoms with Crippen molar-refractivity contribution in [3.63, 3.8) is 0 Å². The van der Waals surface area contributed by atoms with Gasteiger partial charge in [0.15, 0.2) is 0 Å². The second-order valence-electron chi connectivity index (χ2n) is 6.46. The number of aryl methyl sites for hydroxylation is 2. The number of allylic oxidation sites excluding steroid dienone is 1. The second kappa shape index (κ2) is 7.07. The summed E-state index contributed by atoms with van der Waals surface area (Å²) in [5.41, 5.74) is 1.63. The number of hydrogen-bond acceptors (Lipinski definition) is 5. The molecule has 0 fully saturated rings. The van der Waals surface area contributed by atoms with E-state index >= 15 is 0 Å². The van der Waals surface area contributed by atoms with E-state index in [1.54, 1.807) is 25.1 Å². The first kappa shape index (κ1) is 19.0. The zero-order chi connectivity index (χ0) is 20.6. The van der Waals surface area contributed by atoms with Crippen LogP contribution in [0.1, 0.15) is 32.9 Å². The molecule has 0 spiro atoms. The third kappa shape index (κ3) is 3.16. The third-order valence-electron chi connectivity index (χ3n) is 4.66. The van der Waals surface area contributed by atoms with Crippen LogP contribution in [0, 0.1) is 41.0 Å². The highest BCUT2D eigenvalue weighted by molar-refractivity contribution is 6.05. The fourth-order valence-electron chi connectivity index (χ4n) is 2.97. The first-order valence-electron chi connectivity index (χ1n) is 8.45. The molecule has 0 N–H and O–H groups in total. The number of nitrogens with zero attached hydrogens (tertiary/aromatic N) is 3. The van der Waals surface area contributed by atoms with Crippen molar-refractivity contribution >= 4 is 28.6 Å². The predicted octanol–water partition coefficient (Wildman–Crippen LogP) is 3.63. The molecule has 1 aromatic heterocycles. The van der Waals surface area contributed by atoms with Crippen LogP contribution in [0.4, 0.5) is 5.69 Å². The first-order valence-corrected chi connectivity index (χ1v) is 8.45. The van der Waals surface area contributed by atoms with Gasteiger partial charge in [0, 0.05) is 17.0 Å². The number of fused-ring (bicyclic) bond motifs is 1. The molecule has 0 amide bonds. The Labute approximate surface area is 159 Å². The Balaban J connectivity index is 2.14. The van der Waals surface area contributed by atoms with Gasteiger partial charge in [-0.2, -0.15) is 0 Å². The van der Waals surface area contributed by atoms with Gasteiger partial charge in [0.25, 0.3) is 17.0 Å². The van der Waals surface area contributed by atoms with Crippen molar-refractivity contribution < 1.29 is 14.1 Å². The topological polar surface area (TPSA) is 111 Å². The quantitative estimate of drug-likeness (QED) is 0.226. The van der Waals surface area contributed by atoms with Crippen LogP contribution in [0.5, 0.6) is 0 Å². The van der Waals surface area contributed by atoms with Gasteiger partial charge in [-0.1, -0.05) is 12.1 Å². The van der Waals surface area contributed by atoms with Crippen molar-refractivity contribution in [3.05, 3.63) is 90.8 Å². The summed E-state index contributed by atoms with van der Waals surface area (Å²) in [4.78, 5) is 36.0. The predicted molar refractivity (Wildman–Crippen MR) is 105 cm³/mol. The highest BCUT2D eigenvalue weighted by Gasteiger charge is 2.26. The number of para-hydroxylation sites is 1. The molecule has 1 heterocycles. The Bertz CT molecular complexity index is 1220. The molecule has 142 valence electrons.